The third-order valence-corrected chi connectivity index (χ3v) is 4.37. The number of rotatable bonds is 3. The molecule has 0 spiro atoms. The van der Waals surface area contributed by atoms with Crippen molar-refractivity contribution in [2.45, 2.75) is 6.42 Å². The van der Waals surface area contributed by atoms with E-state index in [-0.39, 0.29) is 11.1 Å². The number of carboxylic acids is 1. The summed E-state index contributed by atoms with van der Waals surface area (Å²) in [6, 6.07) is 9.38. The van der Waals surface area contributed by atoms with E-state index in [0.717, 1.165) is 5.56 Å². The monoisotopic (exact) mass is 362 g/mol. The number of aromatic carboxylic acids is 1. The highest BCUT2D eigenvalue weighted by Crippen LogP contribution is 2.23. The van der Waals surface area contributed by atoms with E-state index in [9.17, 15) is 9.59 Å². The molecule has 0 fully saturated rings. The van der Waals surface area contributed by atoms with Crippen LogP contribution in [0.2, 0.25) is 10.0 Å². The summed E-state index contributed by atoms with van der Waals surface area (Å²) in [4.78, 5) is 28.0. The molecule has 1 heterocycles. The van der Waals surface area contributed by atoms with Crippen molar-refractivity contribution in [3.8, 4) is 0 Å². The fraction of sp³-hybridized carbons (Fsp3) is 0.118. The summed E-state index contributed by atoms with van der Waals surface area (Å²) >= 11 is 12.1. The maximum Gasteiger partial charge on any atom is 0.335 e. The predicted molar refractivity (Wildman–Crippen MR) is 93.2 cm³/mol. The highest BCUT2D eigenvalue weighted by Gasteiger charge is 2.13. The molecule has 7 heteroatoms. The van der Waals surface area contributed by atoms with E-state index in [1.165, 1.54) is 22.8 Å². The van der Waals surface area contributed by atoms with E-state index in [4.69, 9.17) is 28.3 Å². The first-order valence-corrected chi connectivity index (χ1v) is 7.79. The van der Waals surface area contributed by atoms with Crippen molar-refractivity contribution < 1.29 is 9.90 Å². The molecule has 5 nitrogen and oxygen atoms in total. The lowest BCUT2D eigenvalue weighted by Crippen LogP contribution is -2.22. The standard InChI is InChI=1S/C17H12Cl2N2O3/c1-21-15(7-9-2-4-11(18)8-13(9)19)20-14-6-10(17(23)24)3-5-12(14)16(21)22/h2-6,8H,7H2,1H3,(H,23,24). The Hall–Kier alpha value is -2.37. The SMILES string of the molecule is Cn1c(Cc2ccc(Cl)cc2Cl)nc2cc(C(=O)O)ccc2c1=O. The fourth-order valence-corrected chi connectivity index (χ4v) is 2.92. The molecule has 0 atom stereocenters. The molecule has 0 unspecified atom stereocenters. The second-order valence-electron chi connectivity index (χ2n) is 5.34. The predicted octanol–water partition coefficient (Wildman–Crippen LogP) is 3.53. The Morgan fingerprint density at radius 2 is 1.96 bits per heavy atom. The lowest BCUT2D eigenvalue weighted by molar-refractivity contribution is 0.0697. The molecule has 1 N–H and O–H groups in total. The van der Waals surface area contributed by atoms with Crippen LogP contribution in [-0.4, -0.2) is 20.6 Å². The van der Waals surface area contributed by atoms with E-state index in [2.05, 4.69) is 4.98 Å². The van der Waals surface area contributed by atoms with Crippen LogP contribution in [0, 0.1) is 0 Å². The highest BCUT2D eigenvalue weighted by atomic mass is 35.5. The zero-order valence-electron chi connectivity index (χ0n) is 12.6. The first-order chi connectivity index (χ1) is 11.4. The summed E-state index contributed by atoms with van der Waals surface area (Å²) in [6.07, 6.45) is 0.328. The van der Waals surface area contributed by atoms with Crippen LogP contribution in [0.3, 0.4) is 0 Å². The van der Waals surface area contributed by atoms with Crippen molar-refractivity contribution >= 4 is 40.1 Å². The fourth-order valence-electron chi connectivity index (χ4n) is 2.44. The third-order valence-electron chi connectivity index (χ3n) is 3.78. The van der Waals surface area contributed by atoms with Crippen LogP contribution >= 0.6 is 23.2 Å². The number of carboxylic acid groups (broad SMARTS) is 1. The molecule has 1 aromatic heterocycles. The number of benzene rings is 2. The van der Waals surface area contributed by atoms with Crippen LogP contribution in [0.5, 0.6) is 0 Å². The molecule has 2 aromatic carbocycles. The minimum absolute atomic E-state index is 0.0822. The number of fused-ring (bicyclic) bond motifs is 1. The molecule has 0 aliphatic carbocycles. The summed E-state index contributed by atoms with van der Waals surface area (Å²) in [5.74, 6) is -0.582. The second kappa shape index (κ2) is 6.26. The number of halogens is 2. The van der Waals surface area contributed by atoms with E-state index >= 15 is 0 Å². The molecule has 0 aliphatic rings. The molecule has 3 aromatic rings. The van der Waals surface area contributed by atoms with Gasteiger partial charge >= 0.3 is 5.97 Å². The van der Waals surface area contributed by atoms with Gasteiger partial charge in [-0.25, -0.2) is 9.78 Å². The molecular formula is C17H12Cl2N2O3. The van der Waals surface area contributed by atoms with Gasteiger partial charge in [0.1, 0.15) is 5.82 Å². The van der Waals surface area contributed by atoms with Gasteiger partial charge in [0.05, 0.1) is 16.5 Å². The first-order valence-electron chi connectivity index (χ1n) is 7.03. The van der Waals surface area contributed by atoms with Crippen LogP contribution in [0.4, 0.5) is 0 Å². The Kier molecular flexibility index (Phi) is 4.30. The van der Waals surface area contributed by atoms with Gasteiger partial charge in [-0.3, -0.25) is 9.36 Å². The molecule has 0 aliphatic heterocycles. The van der Waals surface area contributed by atoms with Gasteiger partial charge in [-0.1, -0.05) is 29.3 Å². The summed E-state index contributed by atoms with van der Waals surface area (Å²) in [7, 11) is 1.62. The van der Waals surface area contributed by atoms with Crippen LogP contribution in [0.15, 0.2) is 41.2 Å². The summed E-state index contributed by atoms with van der Waals surface area (Å²) in [5, 5.41) is 10.5. The molecule has 3 rings (SSSR count). The average Bonchev–Trinajstić information content (AvgIpc) is 2.54. The maximum absolute atomic E-state index is 12.5. The zero-order chi connectivity index (χ0) is 17.4. The summed E-state index contributed by atoms with van der Waals surface area (Å²) in [6.45, 7) is 0. The van der Waals surface area contributed by atoms with Crippen molar-refractivity contribution in [1.82, 2.24) is 9.55 Å². The van der Waals surface area contributed by atoms with Gasteiger partial charge < -0.3 is 5.11 Å². The Morgan fingerprint density at radius 1 is 1.21 bits per heavy atom. The molecule has 0 amide bonds. The lowest BCUT2D eigenvalue weighted by Gasteiger charge is -2.11. The van der Waals surface area contributed by atoms with Crippen LogP contribution < -0.4 is 5.56 Å². The first kappa shape index (κ1) is 16.5. The topological polar surface area (TPSA) is 72.2 Å². The normalized spacial score (nSPS) is 11.0. The van der Waals surface area contributed by atoms with Crippen molar-refractivity contribution in [2.75, 3.05) is 0 Å². The largest absolute Gasteiger partial charge is 0.478 e. The van der Waals surface area contributed by atoms with Crippen molar-refractivity contribution in [1.29, 1.82) is 0 Å². The van der Waals surface area contributed by atoms with E-state index in [0.29, 0.717) is 33.2 Å². The van der Waals surface area contributed by atoms with Gasteiger partial charge in [-0.2, -0.15) is 0 Å². The molecule has 0 saturated heterocycles. The van der Waals surface area contributed by atoms with Gasteiger partial charge in [-0.15, -0.1) is 0 Å². The smallest absolute Gasteiger partial charge is 0.335 e. The van der Waals surface area contributed by atoms with Crippen molar-refractivity contribution in [2.24, 2.45) is 7.05 Å². The maximum atomic E-state index is 12.5. The number of nitrogens with zero attached hydrogens (tertiary/aromatic N) is 2. The van der Waals surface area contributed by atoms with Gasteiger partial charge in [-0.05, 0) is 35.9 Å². The van der Waals surface area contributed by atoms with Gasteiger partial charge in [0, 0.05) is 23.5 Å². The van der Waals surface area contributed by atoms with Crippen molar-refractivity contribution in [3.05, 3.63) is 73.7 Å². The van der Waals surface area contributed by atoms with Gasteiger partial charge in [0.25, 0.3) is 5.56 Å². The molecule has 24 heavy (non-hydrogen) atoms. The zero-order valence-corrected chi connectivity index (χ0v) is 14.1. The molecular weight excluding hydrogens is 351 g/mol. The Bertz CT molecular complexity index is 1030. The van der Waals surface area contributed by atoms with Crippen LogP contribution in [0.25, 0.3) is 10.9 Å². The summed E-state index contributed by atoms with van der Waals surface area (Å²) < 4.78 is 1.44. The quantitative estimate of drug-likeness (QED) is 0.773. The molecule has 0 radical (unpaired) electrons. The van der Waals surface area contributed by atoms with E-state index < -0.39 is 5.97 Å². The van der Waals surface area contributed by atoms with Crippen LogP contribution in [0.1, 0.15) is 21.7 Å². The number of hydrogen-bond donors (Lipinski definition) is 1. The Morgan fingerprint density at radius 3 is 2.62 bits per heavy atom. The highest BCUT2D eigenvalue weighted by molar-refractivity contribution is 6.35. The number of aromatic nitrogens is 2. The van der Waals surface area contributed by atoms with E-state index in [1.807, 2.05) is 0 Å². The third kappa shape index (κ3) is 3.00. The van der Waals surface area contributed by atoms with Gasteiger partial charge in [0.2, 0.25) is 0 Å². The molecule has 122 valence electrons. The molecule has 0 bridgehead atoms. The average molecular weight is 363 g/mol. The van der Waals surface area contributed by atoms with Crippen LogP contribution in [-0.2, 0) is 13.5 Å². The minimum atomic E-state index is -1.07. The second-order valence-corrected chi connectivity index (χ2v) is 6.19. The number of carbonyl (C=O) groups is 1. The minimum Gasteiger partial charge on any atom is -0.478 e. The summed E-state index contributed by atoms with van der Waals surface area (Å²) in [5.41, 5.74) is 0.964. The Balaban J connectivity index is 2.15. The van der Waals surface area contributed by atoms with Gasteiger partial charge in [0.15, 0.2) is 0 Å². The number of hydrogen-bond acceptors (Lipinski definition) is 3. The Labute approximate surface area is 147 Å². The lowest BCUT2D eigenvalue weighted by atomic mass is 10.1. The molecule has 0 saturated carbocycles. The van der Waals surface area contributed by atoms with E-state index in [1.54, 1.807) is 25.2 Å². The van der Waals surface area contributed by atoms with Crippen molar-refractivity contribution in [3.63, 3.8) is 0 Å².